The molecule has 2 rings (SSSR count). The van der Waals surface area contributed by atoms with Gasteiger partial charge in [0, 0.05) is 23.9 Å². The van der Waals surface area contributed by atoms with E-state index in [1.807, 2.05) is 5.38 Å². The van der Waals surface area contributed by atoms with E-state index < -0.39 is 0 Å². The number of hydrogen-bond donors (Lipinski definition) is 0. The molecule has 1 saturated heterocycles. The molecule has 0 amide bonds. The van der Waals surface area contributed by atoms with Crippen molar-refractivity contribution in [1.82, 2.24) is 4.98 Å². The van der Waals surface area contributed by atoms with Crippen LogP contribution in [-0.4, -0.2) is 18.1 Å². The summed E-state index contributed by atoms with van der Waals surface area (Å²) in [5.74, 6) is 0.523. The number of thiazole rings is 1. The van der Waals surface area contributed by atoms with Gasteiger partial charge >= 0.3 is 0 Å². The molecule has 0 N–H and O–H groups in total. The first-order chi connectivity index (χ1) is 6.67. The lowest BCUT2D eigenvalue weighted by atomic mass is 9.80. The zero-order chi connectivity index (χ0) is 10.2. The molecular weight excluding hydrogens is 216 g/mol. The monoisotopic (exact) mass is 230 g/mol. The number of nitrogens with zero attached hydrogens (tertiary/aromatic N) is 2. The normalized spacial score (nSPS) is 19.5. The first kappa shape index (κ1) is 10.2. The topological polar surface area (TPSA) is 16.1 Å². The average Bonchev–Trinajstić information content (AvgIpc) is 2.61. The number of anilines is 1. The maximum absolute atomic E-state index is 5.72. The van der Waals surface area contributed by atoms with Crippen LogP contribution in [0.25, 0.3) is 0 Å². The van der Waals surface area contributed by atoms with Crippen LogP contribution in [0, 0.1) is 5.41 Å². The lowest BCUT2D eigenvalue weighted by Gasteiger charge is -2.47. The molecule has 0 spiro atoms. The van der Waals surface area contributed by atoms with E-state index in [9.17, 15) is 0 Å². The van der Waals surface area contributed by atoms with E-state index in [2.05, 4.69) is 23.7 Å². The van der Waals surface area contributed by atoms with E-state index in [-0.39, 0.29) is 0 Å². The van der Waals surface area contributed by atoms with Gasteiger partial charge in [0.15, 0.2) is 5.13 Å². The van der Waals surface area contributed by atoms with Crippen molar-refractivity contribution in [2.75, 3.05) is 18.0 Å². The van der Waals surface area contributed by atoms with Gasteiger partial charge in [-0.2, -0.15) is 0 Å². The van der Waals surface area contributed by atoms with Crippen LogP contribution in [-0.2, 0) is 5.88 Å². The molecule has 0 atom stereocenters. The minimum Gasteiger partial charge on any atom is -0.347 e. The molecule has 1 aliphatic heterocycles. The van der Waals surface area contributed by atoms with Crippen molar-refractivity contribution >= 4 is 28.1 Å². The summed E-state index contributed by atoms with van der Waals surface area (Å²) in [5.41, 5.74) is 1.50. The first-order valence-electron chi connectivity index (χ1n) is 4.92. The third-order valence-corrected chi connectivity index (χ3v) is 4.17. The summed E-state index contributed by atoms with van der Waals surface area (Å²) in [6, 6.07) is 0. The maximum atomic E-state index is 5.72. The molecule has 78 valence electrons. The van der Waals surface area contributed by atoms with Crippen LogP contribution in [0.15, 0.2) is 5.38 Å². The molecule has 14 heavy (non-hydrogen) atoms. The van der Waals surface area contributed by atoms with Crippen molar-refractivity contribution in [3.05, 3.63) is 11.1 Å². The van der Waals surface area contributed by atoms with Gasteiger partial charge < -0.3 is 4.90 Å². The summed E-state index contributed by atoms with van der Waals surface area (Å²) in [4.78, 5) is 6.80. The Morgan fingerprint density at radius 2 is 2.36 bits per heavy atom. The Balaban J connectivity index is 1.99. The van der Waals surface area contributed by atoms with E-state index in [1.54, 1.807) is 11.3 Å². The molecule has 2 heterocycles. The molecule has 0 aliphatic carbocycles. The average molecular weight is 231 g/mol. The molecule has 0 aromatic carbocycles. The Kier molecular flexibility index (Phi) is 2.71. The summed E-state index contributed by atoms with van der Waals surface area (Å²) >= 11 is 7.41. The van der Waals surface area contributed by atoms with Crippen LogP contribution < -0.4 is 4.90 Å². The van der Waals surface area contributed by atoms with E-state index in [0.717, 1.165) is 23.9 Å². The second-order valence-corrected chi connectivity index (χ2v) is 5.38. The van der Waals surface area contributed by atoms with Gasteiger partial charge in [-0.05, 0) is 6.42 Å². The Hall–Kier alpha value is -0.280. The summed E-state index contributed by atoms with van der Waals surface area (Å²) in [7, 11) is 0. The van der Waals surface area contributed by atoms with E-state index >= 15 is 0 Å². The van der Waals surface area contributed by atoms with Gasteiger partial charge in [0.2, 0.25) is 0 Å². The third kappa shape index (κ3) is 1.75. The van der Waals surface area contributed by atoms with Crippen LogP contribution in [0.4, 0.5) is 5.13 Å². The zero-order valence-corrected chi connectivity index (χ0v) is 10.2. The SMILES string of the molecule is CCC1(C)CN(c2nc(CCl)cs2)C1. The van der Waals surface area contributed by atoms with Gasteiger partial charge in [0.25, 0.3) is 0 Å². The second-order valence-electron chi connectivity index (χ2n) is 4.28. The highest BCUT2D eigenvalue weighted by Gasteiger charge is 2.38. The van der Waals surface area contributed by atoms with Crippen molar-refractivity contribution in [2.45, 2.75) is 26.1 Å². The summed E-state index contributed by atoms with van der Waals surface area (Å²) in [6.07, 6.45) is 1.25. The Bertz CT molecular complexity index is 318. The van der Waals surface area contributed by atoms with Gasteiger partial charge in [0.1, 0.15) is 0 Å². The number of rotatable bonds is 3. The fourth-order valence-electron chi connectivity index (χ4n) is 1.74. The predicted molar refractivity (Wildman–Crippen MR) is 62.3 cm³/mol. The molecule has 0 radical (unpaired) electrons. The highest BCUT2D eigenvalue weighted by molar-refractivity contribution is 7.13. The molecule has 0 bridgehead atoms. The summed E-state index contributed by atoms with van der Waals surface area (Å²) in [6.45, 7) is 6.86. The van der Waals surface area contributed by atoms with Crippen molar-refractivity contribution in [3.63, 3.8) is 0 Å². The fraction of sp³-hybridized carbons (Fsp3) is 0.700. The van der Waals surface area contributed by atoms with Gasteiger partial charge in [0.05, 0.1) is 11.6 Å². The van der Waals surface area contributed by atoms with Crippen LogP contribution >= 0.6 is 22.9 Å². The zero-order valence-electron chi connectivity index (χ0n) is 8.59. The molecule has 1 aromatic rings. The highest BCUT2D eigenvalue weighted by Crippen LogP contribution is 2.37. The number of alkyl halides is 1. The van der Waals surface area contributed by atoms with E-state index in [0.29, 0.717) is 11.3 Å². The predicted octanol–water partition coefficient (Wildman–Crippen LogP) is 3.12. The number of halogens is 1. The molecule has 1 fully saturated rings. The maximum Gasteiger partial charge on any atom is 0.185 e. The molecular formula is C10H15ClN2S. The van der Waals surface area contributed by atoms with Gasteiger partial charge in [-0.15, -0.1) is 22.9 Å². The van der Waals surface area contributed by atoms with Crippen molar-refractivity contribution in [3.8, 4) is 0 Å². The standard InChI is InChI=1S/C10H15ClN2S/c1-3-10(2)6-13(7-10)9-12-8(4-11)5-14-9/h5H,3-4,6-7H2,1-2H3. The highest BCUT2D eigenvalue weighted by atomic mass is 35.5. The number of hydrogen-bond acceptors (Lipinski definition) is 3. The van der Waals surface area contributed by atoms with E-state index in [1.165, 1.54) is 6.42 Å². The lowest BCUT2D eigenvalue weighted by Crippen LogP contribution is -2.54. The van der Waals surface area contributed by atoms with Gasteiger partial charge in [-0.1, -0.05) is 13.8 Å². The fourth-order valence-corrected chi connectivity index (χ4v) is 2.79. The molecule has 1 aromatic heterocycles. The van der Waals surface area contributed by atoms with E-state index in [4.69, 9.17) is 11.6 Å². The smallest absolute Gasteiger partial charge is 0.185 e. The van der Waals surface area contributed by atoms with Crippen molar-refractivity contribution in [1.29, 1.82) is 0 Å². The lowest BCUT2D eigenvalue weighted by molar-refractivity contribution is 0.233. The molecule has 2 nitrogen and oxygen atoms in total. The Morgan fingerprint density at radius 1 is 1.64 bits per heavy atom. The first-order valence-corrected chi connectivity index (χ1v) is 6.33. The van der Waals surface area contributed by atoms with Crippen LogP contribution in [0.3, 0.4) is 0 Å². The second kappa shape index (κ2) is 3.70. The minimum absolute atomic E-state index is 0.507. The van der Waals surface area contributed by atoms with Crippen molar-refractivity contribution < 1.29 is 0 Å². The van der Waals surface area contributed by atoms with Gasteiger partial charge in [-0.3, -0.25) is 0 Å². The minimum atomic E-state index is 0.507. The largest absolute Gasteiger partial charge is 0.347 e. The molecule has 0 saturated carbocycles. The van der Waals surface area contributed by atoms with Crippen LogP contribution in [0.5, 0.6) is 0 Å². The number of aromatic nitrogens is 1. The Labute approximate surface area is 93.9 Å². The third-order valence-electron chi connectivity index (χ3n) is 2.95. The Morgan fingerprint density at radius 3 is 2.86 bits per heavy atom. The van der Waals surface area contributed by atoms with Gasteiger partial charge in [-0.25, -0.2) is 4.98 Å². The summed E-state index contributed by atoms with van der Waals surface area (Å²) in [5, 5.41) is 3.18. The molecule has 1 aliphatic rings. The summed E-state index contributed by atoms with van der Waals surface area (Å²) < 4.78 is 0. The molecule has 4 heteroatoms. The van der Waals surface area contributed by atoms with Crippen LogP contribution in [0.2, 0.25) is 0 Å². The van der Waals surface area contributed by atoms with Crippen molar-refractivity contribution in [2.24, 2.45) is 5.41 Å². The van der Waals surface area contributed by atoms with Crippen LogP contribution in [0.1, 0.15) is 26.0 Å². The quantitative estimate of drug-likeness (QED) is 0.742. The molecule has 0 unspecified atom stereocenters.